The Bertz CT molecular complexity index is 169. The van der Waals surface area contributed by atoms with Gasteiger partial charge >= 0.3 is 0 Å². The lowest BCUT2D eigenvalue weighted by atomic mass is 10.4. The second-order valence-corrected chi connectivity index (χ2v) is 2.43. The van der Waals surface area contributed by atoms with Crippen LogP contribution in [-0.2, 0) is 4.74 Å². The normalized spacial score (nSPS) is 13.4. The fraction of sp³-hybridized carbons (Fsp3) is 0.500. The van der Waals surface area contributed by atoms with Crippen LogP contribution in [0.2, 0.25) is 0 Å². The molecule has 0 aromatic carbocycles. The van der Waals surface area contributed by atoms with E-state index in [1.807, 2.05) is 24.5 Å². The second-order valence-electron chi connectivity index (χ2n) is 2.43. The fourth-order valence-electron chi connectivity index (χ4n) is 0.969. The van der Waals surface area contributed by atoms with E-state index in [9.17, 15) is 0 Å². The molecule has 0 aliphatic heterocycles. The Balaban J connectivity index is 2.50. The Morgan fingerprint density at radius 1 is 1.40 bits per heavy atom. The summed E-state index contributed by atoms with van der Waals surface area (Å²) in [6.45, 7) is 2.90. The van der Waals surface area contributed by atoms with Crippen LogP contribution in [0.1, 0.15) is 13.0 Å². The van der Waals surface area contributed by atoms with Gasteiger partial charge in [0.2, 0.25) is 0 Å². The standard InChI is InChI=1S/C8H13NO/c1-8(7-10-2)9-5-3-4-6-9/h3-6,8H,7H2,1-2H3. The van der Waals surface area contributed by atoms with Gasteiger partial charge in [-0.3, -0.25) is 0 Å². The number of rotatable bonds is 3. The first kappa shape index (κ1) is 7.35. The first-order valence-corrected chi connectivity index (χ1v) is 3.46. The summed E-state index contributed by atoms with van der Waals surface area (Å²) in [4.78, 5) is 0. The van der Waals surface area contributed by atoms with Crippen molar-refractivity contribution in [3.05, 3.63) is 24.5 Å². The van der Waals surface area contributed by atoms with Gasteiger partial charge in [0.15, 0.2) is 0 Å². The minimum absolute atomic E-state index is 0.444. The molecule has 1 heterocycles. The van der Waals surface area contributed by atoms with Gasteiger partial charge in [0.25, 0.3) is 0 Å². The van der Waals surface area contributed by atoms with Crippen molar-refractivity contribution >= 4 is 0 Å². The molecule has 0 radical (unpaired) electrons. The van der Waals surface area contributed by atoms with Crippen molar-refractivity contribution < 1.29 is 4.74 Å². The van der Waals surface area contributed by atoms with Crippen molar-refractivity contribution in [2.24, 2.45) is 0 Å². The molecular weight excluding hydrogens is 126 g/mol. The molecule has 10 heavy (non-hydrogen) atoms. The molecule has 0 saturated carbocycles. The van der Waals surface area contributed by atoms with Crippen LogP contribution in [-0.4, -0.2) is 18.3 Å². The van der Waals surface area contributed by atoms with Gasteiger partial charge in [0, 0.05) is 19.5 Å². The minimum Gasteiger partial charge on any atom is -0.383 e. The number of hydrogen-bond donors (Lipinski definition) is 0. The van der Waals surface area contributed by atoms with Crippen LogP contribution in [0.15, 0.2) is 24.5 Å². The van der Waals surface area contributed by atoms with Crippen LogP contribution in [0.25, 0.3) is 0 Å². The lowest BCUT2D eigenvalue weighted by Gasteiger charge is -2.11. The molecule has 0 saturated heterocycles. The van der Waals surface area contributed by atoms with E-state index in [4.69, 9.17) is 4.74 Å². The molecule has 0 N–H and O–H groups in total. The first-order chi connectivity index (χ1) is 4.84. The van der Waals surface area contributed by atoms with Crippen molar-refractivity contribution in [3.8, 4) is 0 Å². The predicted octanol–water partition coefficient (Wildman–Crippen LogP) is 1.70. The van der Waals surface area contributed by atoms with Gasteiger partial charge in [0.1, 0.15) is 0 Å². The van der Waals surface area contributed by atoms with Crippen molar-refractivity contribution in [1.29, 1.82) is 0 Å². The topological polar surface area (TPSA) is 14.2 Å². The summed E-state index contributed by atoms with van der Waals surface area (Å²) < 4.78 is 7.14. The van der Waals surface area contributed by atoms with Gasteiger partial charge in [-0.25, -0.2) is 0 Å². The zero-order valence-electron chi connectivity index (χ0n) is 6.45. The molecule has 1 unspecified atom stereocenters. The van der Waals surface area contributed by atoms with E-state index < -0.39 is 0 Å². The summed E-state index contributed by atoms with van der Waals surface area (Å²) in [7, 11) is 1.72. The van der Waals surface area contributed by atoms with E-state index in [0.29, 0.717) is 6.04 Å². The van der Waals surface area contributed by atoms with Gasteiger partial charge in [0.05, 0.1) is 12.6 Å². The van der Waals surface area contributed by atoms with Crippen LogP contribution < -0.4 is 0 Å². The molecule has 0 aliphatic rings. The van der Waals surface area contributed by atoms with E-state index in [1.165, 1.54) is 0 Å². The van der Waals surface area contributed by atoms with Gasteiger partial charge in [-0.1, -0.05) is 0 Å². The van der Waals surface area contributed by atoms with Crippen LogP contribution >= 0.6 is 0 Å². The SMILES string of the molecule is COCC(C)n1cccc1. The van der Waals surface area contributed by atoms with Gasteiger partial charge < -0.3 is 9.30 Å². The molecule has 0 fully saturated rings. The van der Waals surface area contributed by atoms with E-state index in [-0.39, 0.29) is 0 Å². The van der Waals surface area contributed by atoms with Crippen molar-refractivity contribution in [3.63, 3.8) is 0 Å². The highest BCUT2D eigenvalue weighted by Gasteiger charge is 1.99. The highest BCUT2D eigenvalue weighted by Crippen LogP contribution is 2.04. The van der Waals surface area contributed by atoms with Crippen molar-refractivity contribution in [2.75, 3.05) is 13.7 Å². The Morgan fingerprint density at radius 2 is 2.00 bits per heavy atom. The molecule has 1 aromatic rings. The maximum atomic E-state index is 5.01. The maximum absolute atomic E-state index is 5.01. The Kier molecular flexibility index (Phi) is 2.51. The maximum Gasteiger partial charge on any atom is 0.0667 e. The van der Waals surface area contributed by atoms with Crippen molar-refractivity contribution in [2.45, 2.75) is 13.0 Å². The number of ether oxygens (including phenoxy) is 1. The third-order valence-electron chi connectivity index (χ3n) is 1.54. The summed E-state index contributed by atoms with van der Waals surface area (Å²) in [5.41, 5.74) is 0. The van der Waals surface area contributed by atoms with E-state index in [2.05, 4.69) is 11.5 Å². The molecule has 2 heteroatoms. The second kappa shape index (κ2) is 3.42. The first-order valence-electron chi connectivity index (χ1n) is 3.46. The number of hydrogen-bond acceptors (Lipinski definition) is 1. The molecule has 56 valence electrons. The minimum atomic E-state index is 0.444. The van der Waals surface area contributed by atoms with Crippen LogP contribution in [0, 0.1) is 0 Å². The molecule has 0 spiro atoms. The number of aromatic nitrogens is 1. The highest BCUT2D eigenvalue weighted by molar-refractivity contribution is 4.92. The van der Waals surface area contributed by atoms with Gasteiger partial charge in [-0.15, -0.1) is 0 Å². The number of methoxy groups -OCH3 is 1. The summed E-state index contributed by atoms with van der Waals surface area (Å²) in [5, 5.41) is 0. The fourth-order valence-corrected chi connectivity index (χ4v) is 0.969. The molecule has 1 aromatic heterocycles. The van der Waals surface area contributed by atoms with Crippen molar-refractivity contribution in [1.82, 2.24) is 4.57 Å². The predicted molar refractivity (Wildman–Crippen MR) is 41.0 cm³/mol. The molecule has 1 rings (SSSR count). The summed E-state index contributed by atoms with van der Waals surface area (Å²) in [6.07, 6.45) is 4.09. The average Bonchev–Trinajstić information content (AvgIpc) is 2.38. The zero-order valence-corrected chi connectivity index (χ0v) is 6.45. The van der Waals surface area contributed by atoms with E-state index >= 15 is 0 Å². The Hall–Kier alpha value is -0.760. The lowest BCUT2D eigenvalue weighted by molar-refractivity contribution is 0.162. The quantitative estimate of drug-likeness (QED) is 0.621. The van der Waals surface area contributed by atoms with Gasteiger partial charge in [-0.05, 0) is 19.1 Å². The zero-order chi connectivity index (χ0) is 7.40. The number of nitrogens with zero attached hydrogens (tertiary/aromatic N) is 1. The molecular formula is C8H13NO. The molecule has 0 bridgehead atoms. The summed E-state index contributed by atoms with van der Waals surface area (Å²) >= 11 is 0. The van der Waals surface area contributed by atoms with E-state index in [1.54, 1.807) is 7.11 Å². The molecule has 2 nitrogen and oxygen atoms in total. The lowest BCUT2D eigenvalue weighted by Crippen LogP contribution is -2.08. The average molecular weight is 139 g/mol. The monoisotopic (exact) mass is 139 g/mol. The van der Waals surface area contributed by atoms with E-state index in [0.717, 1.165) is 6.61 Å². The molecule has 0 amide bonds. The van der Waals surface area contributed by atoms with Crippen LogP contribution in [0.5, 0.6) is 0 Å². The van der Waals surface area contributed by atoms with Crippen LogP contribution in [0.3, 0.4) is 0 Å². The van der Waals surface area contributed by atoms with Gasteiger partial charge in [-0.2, -0.15) is 0 Å². The molecule has 0 aliphatic carbocycles. The highest BCUT2D eigenvalue weighted by atomic mass is 16.5. The largest absolute Gasteiger partial charge is 0.383 e. The summed E-state index contributed by atoms with van der Waals surface area (Å²) in [6, 6.07) is 4.48. The molecule has 1 atom stereocenters. The van der Waals surface area contributed by atoms with Crippen LogP contribution in [0.4, 0.5) is 0 Å². The smallest absolute Gasteiger partial charge is 0.0667 e. The summed E-state index contributed by atoms with van der Waals surface area (Å²) in [5.74, 6) is 0. The third kappa shape index (κ3) is 1.61. The Morgan fingerprint density at radius 3 is 2.50 bits per heavy atom. The third-order valence-corrected chi connectivity index (χ3v) is 1.54. The Labute approximate surface area is 61.4 Å².